The Morgan fingerprint density at radius 2 is 2.00 bits per heavy atom. The second-order valence-electron chi connectivity index (χ2n) is 3.59. The van der Waals surface area contributed by atoms with Gasteiger partial charge in [0.25, 0.3) is 0 Å². The van der Waals surface area contributed by atoms with Crippen molar-refractivity contribution in [3.05, 3.63) is 12.2 Å². The molecule has 78 valence electrons. The van der Waals surface area contributed by atoms with Crippen LogP contribution in [0.2, 0.25) is 0 Å². The van der Waals surface area contributed by atoms with Crippen LogP contribution < -0.4 is 5.32 Å². The fraction of sp³-hybridized carbons (Fsp3) is 0.778. The molecule has 0 aromatic carbocycles. The van der Waals surface area contributed by atoms with Gasteiger partial charge in [-0.1, -0.05) is 5.57 Å². The fourth-order valence-corrected chi connectivity index (χ4v) is 2.01. The Bertz CT molecular complexity index is 269. The number of nitrogens with one attached hydrogen (secondary N) is 1. The molecule has 0 spiro atoms. The summed E-state index contributed by atoms with van der Waals surface area (Å²) in [6.45, 7) is 7.40. The average Bonchev–Trinajstić information content (AvgIpc) is 1.96. The van der Waals surface area contributed by atoms with Crippen LogP contribution in [0.3, 0.4) is 0 Å². The van der Waals surface area contributed by atoms with E-state index in [4.69, 9.17) is 0 Å². The maximum absolute atomic E-state index is 11.2. The highest BCUT2D eigenvalue weighted by molar-refractivity contribution is 7.91. The summed E-state index contributed by atoms with van der Waals surface area (Å²) in [4.78, 5) is 0. The maximum Gasteiger partial charge on any atom is 0.151 e. The zero-order valence-electron chi connectivity index (χ0n) is 8.79. The first-order valence-electron chi connectivity index (χ1n) is 4.29. The number of rotatable bonds is 5. The van der Waals surface area contributed by atoms with Crippen molar-refractivity contribution in [1.29, 1.82) is 0 Å². The normalized spacial score (nSPS) is 16.6. The van der Waals surface area contributed by atoms with Crippen molar-refractivity contribution in [2.45, 2.75) is 31.6 Å². The van der Waals surface area contributed by atoms with Gasteiger partial charge in [0.05, 0.1) is 5.25 Å². The third-order valence-electron chi connectivity index (χ3n) is 2.18. The molecule has 0 fully saturated rings. The molecular formula is C9H19NO2S. The lowest BCUT2D eigenvalue weighted by molar-refractivity contribution is 0.515. The minimum atomic E-state index is -2.96. The number of hydrogen-bond donors (Lipinski definition) is 1. The van der Waals surface area contributed by atoms with Crippen LogP contribution in [0.5, 0.6) is 0 Å². The standard InChI is InChI=1S/C9H19NO2S/c1-7(2)6-9(10-4)8(3)13(5,11)12/h8-10H,1,6H2,2-5H3. The maximum atomic E-state index is 11.2. The van der Waals surface area contributed by atoms with Gasteiger partial charge >= 0.3 is 0 Å². The smallest absolute Gasteiger partial charge is 0.151 e. The van der Waals surface area contributed by atoms with Crippen LogP contribution in [0.25, 0.3) is 0 Å². The summed E-state index contributed by atoms with van der Waals surface area (Å²) in [6.07, 6.45) is 1.96. The van der Waals surface area contributed by atoms with Crippen LogP contribution in [0.4, 0.5) is 0 Å². The molecule has 0 aromatic rings. The third-order valence-corrected chi connectivity index (χ3v) is 3.86. The average molecular weight is 205 g/mol. The molecular weight excluding hydrogens is 186 g/mol. The Kier molecular flexibility index (Phi) is 4.64. The summed E-state index contributed by atoms with van der Waals surface area (Å²) in [6, 6.07) is -0.0347. The second-order valence-corrected chi connectivity index (χ2v) is 5.99. The highest BCUT2D eigenvalue weighted by Crippen LogP contribution is 2.11. The Balaban J connectivity index is 4.50. The molecule has 0 heterocycles. The van der Waals surface area contributed by atoms with E-state index in [9.17, 15) is 8.42 Å². The van der Waals surface area contributed by atoms with Crippen LogP contribution in [0, 0.1) is 0 Å². The van der Waals surface area contributed by atoms with Crippen molar-refractivity contribution in [1.82, 2.24) is 5.32 Å². The van der Waals surface area contributed by atoms with E-state index in [2.05, 4.69) is 11.9 Å². The van der Waals surface area contributed by atoms with Gasteiger partial charge in [0.15, 0.2) is 9.84 Å². The van der Waals surface area contributed by atoms with Gasteiger partial charge in [-0.05, 0) is 27.3 Å². The van der Waals surface area contributed by atoms with Gasteiger partial charge in [0.1, 0.15) is 0 Å². The quantitative estimate of drug-likeness (QED) is 0.680. The van der Waals surface area contributed by atoms with Crippen LogP contribution in [0.1, 0.15) is 20.3 Å². The zero-order chi connectivity index (χ0) is 10.6. The van der Waals surface area contributed by atoms with Gasteiger partial charge < -0.3 is 5.32 Å². The lowest BCUT2D eigenvalue weighted by atomic mass is 10.1. The predicted molar refractivity (Wildman–Crippen MR) is 56.6 cm³/mol. The van der Waals surface area contributed by atoms with Crippen molar-refractivity contribution in [2.75, 3.05) is 13.3 Å². The molecule has 0 rings (SSSR count). The minimum absolute atomic E-state index is 0.0347. The molecule has 0 saturated heterocycles. The Morgan fingerprint density at radius 1 is 1.54 bits per heavy atom. The van der Waals surface area contributed by atoms with Crippen molar-refractivity contribution in [2.24, 2.45) is 0 Å². The lowest BCUT2D eigenvalue weighted by Crippen LogP contribution is -2.40. The molecule has 0 saturated carbocycles. The Morgan fingerprint density at radius 3 is 2.23 bits per heavy atom. The van der Waals surface area contributed by atoms with Crippen LogP contribution in [-0.2, 0) is 9.84 Å². The molecule has 4 heteroatoms. The Hall–Kier alpha value is -0.350. The molecule has 0 aromatic heterocycles. The Labute approximate surface area is 81.1 Å². The van der Waals surface area contributed by atoms with E-state index in [-0.39, 0.29) is 11.3 Å². The summed E-state index contributed by atoms with van der Waals surface area (Å²) >= 11 is 0. The first kappa shape index (κ1) is 12.7. The molecule has 1 N–H and O–H groups in total. The minimum Gasteiger partial charge on any atom is -0.315 e. The van der Waals surface area contributed by atoms with Crippen molar-refractivity contribution < 1.29 is 8.42 Å². The second kappa shape index (κ2) is 4.77. The van der Waals surface area contributed by atoms with E-state index in [0.29, 0.717) is 6.42 Å². The molecule has 0 bridgehead atoms. The van der Waals surface area contributed by atoms with E-state index in [0.717, 1.165) is 5.57 Å². The lowest BCUT2D eigenvalue weighted by Gasteiger charge is -2.22. The number of sulfone groups is 1. The summed E-state index contributed by atoms with van der Waals surface area (Å²) in [5, 5.41) is 2.63. The van der Waals surface area contributed by atoms with Gasteiger partial charge in [0.2, 0.25) is 0 Å². The van der Waals surface area contributed by atoms with Crippen molar-refractivity contribution in [3.63, 3.8) is 0 Å². The molecule has 0 aliphatic carbocycles. The van der Waals surface area contributed by atoms with Gasteiger partial charge in [-0.2, -0.15) is 0 Å². The largest absolute Gasteiger partial charge is 0.315 e. The van der Waals surface area contributed by atoms with Gasteiger partial charge in [-0.15, -0.1) is 6.58 Å². The van der Waals surface area contributed by atoms with Gasteiger partial charge in [-0.3, -0.25) is 0 Å². The molecule has 3 nitrogen and oxygen atoms in total. The van der Waals surface area contributed by atoms with E-state index in [1.807, 2.05) is 6.92 Å². The van der Waals surface area contributed by atoms with Crippen molar-refractivity contribution in [3.8, 4) is 0 Å². The summed E-state index contributed by atoms with van der Waals surface area (Å²) < 4.78 is 22.5. The topological polar surface area (TPSA) is 46.2 Å². The molecule has 0 amide bonds. The van der Waals surface area contributed by atoms with Crippen LogP contribution >= 0.6 is 0 Å². The predicted octanol–water partition coefficient (Wildman–Crippen LogP) is 0.974. The summed E-state index contributed by atoms with van der Waals surface area (Å²) in [5.74, 6) is 0. The molecule has 13 heavy (non-hydrogen) atoms. The first-order chi connectivity index (χ1) is 5.79. The van der Waals surface area contributed by atoms with Crippen LogP contribution in [0.15, 0.2) is 12.2 Å². The highest BCUT2D eigenvalue weighted by atomic mass is 32.2. The van der Waals surface area contributed by atoms with Gasteiger partial charge in [-0.25, -0.2) is 8.42 Å². The molecule has 2 atom stereocenters. The van der Waals surface area contributed by atoms with Crippen molar-refractivity contribution >= 4 is 9.84 Å². The monoisotopic (exact) mass is 205 g/mol. The molecule has 0 aliphatic rings. The van der Waals surface area contributed by atoms with E-state index >= 15 is 0 Å². The fourth-order valence-electron chi connectivity index (χ4n) is 1.18. The molecule has 0 radical (unpaired) electrons. The van der Waals surface area contributed by atoms with E-state index in [1.165, 1.54) is 6.26 Å². The SMILES string of the molecule is C=C(C)CC(NC)C(C)S(C)(=O)=O. The van der Waals surface area contributed by atoms with E-state index < -0.39 is 9.84 Å². The zero-order valence-corrected chi connectivity index (χ0v) is 9.61. The third kappa shape index (κ3) is 4.43. The molecule has 2 unspecified atom stereocenters. The highest BCUT2D eigenvalue weighted by Gasteiger charge is 2.24. The first-order valence-corrected chi connectivity index (χ1v) is 6.25. The molecule has 0 aliphatic heterocycles. The summed E-state index contributed by atoms with van der Waals surface area (Å²) in [5.41, 5.74) is 0.995. The van der Waals surface area contributed by atoms with Crippen LogP contribution in [-0.4, -0.2) is 33.0 Å². The number of hydrogen-bond acceptors (Lipinski definition) is 3. The summed E-state index contributed by atoms with van der Waals surface area (Å²) in [7, 11) is -1.19. The van der Waals surface area contributed by atoms with Gasteiger partial charge in [0, 0.05) is 12.3 Å². The van der Waals surface area contributed by atoms with E-state index in [1.54, 1.807) is 14.0 Å².